The topological polar surface area (TPSA) is 55.1 Å². The van der Waals surface area contributed by atoms with Crippen LogP contribution in [0.1, 0.15) is 30.4 Å². The van der Waals surface area contributed by atoms with Crippen molar-refractivity contribution in [2.75, 3.05) is 5.32 Å². The third kappa shape index (κ3) is 4.57. The van der Waals surface area contributed by atoms with Gasteiger partial charge in [-0.2, -0.15) is 0 Å². The molecule has 0 aliphatic rings. The first-order chi connectivity index (χ1) is 12.1. The lowest BCUT2D eigenvalue weighted by atomic mass is 10.1. The number of hydrogen-bond acceptors (Lipinski definition) is 3. The van der Waals surface area contributed by atoms with Gasteiger partial charge in [-0.3, -0.25) is 4.79 Å². The summed E-state index contributed by atoms with van der Waals surface area (Å²) in [6, 6.07) is 16.0. The van der Waals surface area contributed by atoms with E-state index in [1.54, 1.807) is 6.20 Å². The number of carbonyl (C=O) groups is 1. The van der Waals surface area contributed by atoms with Gasteiger partial charge in [-0.15, -0.1) is 0 Å². The highest BCUT2D eigenvalue weighted by Gasteiger charge is 2.09. The number of rotatable bonds is 6. The van der Waals surface area contributed by atoms with Gasteiger partial charge in [0.1, 0.15) is 0 Å². The van der Waals surface area contributed by atoms with Crippen LogP contribution in [0, 0.1) is 6.92 Å². The Hall–Kier alpha value is -2.88. The fraction of sp³-hybridized carbons (Fsp3) is 0.238. The monoisotopic (exact) mass is 334 g/mol. The second kappa shape index (κ2) is 7.79. The number of anilines is 1. The van der Waals surface area contributed by atoms with E-state index in [-0.39, 0.29) is 5.91 Å². The summed E-state index contributed by atoms with van der Waals surface area (Å²) in [4.78, 5) is 16.3. The average molecular weight is 334 g/mol. The summed E-state index contributed by atoms with van der Waals surface area (Å²) in [6.07, 6.45) is 3.51. The minimum atomic E-state index is -0.0423. The predicted octanol–water partition coefficient (Wildman–Crippen LogP) is 4.78. The SMILES string of the molecule is CCc1ccc(NC(=O)CCc2ncc(-c3ccc(C)cc3)o2)cc1. The third-order valence-corrected chi connectivity index (χ3v) is 4.10. The molecular weight excluding hydrogens is 312 g/mol. The summed E-state index contributed by atoms with van der Waals surface area (Å²) in [5.41, 5.74) is 4.26. The van der Waals surface area contributed by atoms with Crippen LogP contribution >= 0.6 is 0 Å². The zero-order chi connectivity index (χ0) is 17.6. The number of nitrogens with one attached hydrogen (secondary N) is 1. The Morgan fingerprint density at radius 2 is 1.80 bits per heavy atom. The lowest BCUT2D eigenvalue weighted by Crippen LogP contribution is -2.12. The van der Waals surface area contributed by atoms with Crippen LogP contribution in [-0.2, 0) is 17.6 Å². The summed E-state index contributed by atoms with van der Waals surface area (Å²) < 4.78 is 5.75. The minimum absolute atomic E-state index is 0.0423. The molecule has 4 nitrogen and oxygen atoms in total. The molecule has 3 aromatic rings. The minimum Gasteiger partial charge on any atom is -0.441 e. The highest BCUT2D eigenvalue weighted by Crippen LogP contribution is 2.21. The van der Waals surface area contributed by atoms with E-state index in [1.165, 1.54) is 11.1 Å². The molecule has 1 N–H and O–H groups in total. The van der Waals surface area contributed by atoms with Crippen molar-refractivity contribution in [3.05, 3.63) is 71.7 Å². The van der Waals surface area contributed by atoms with Gasteiger partial charge in [0.2, 0.25) is 5.91 Å². The zero-order valence-electron chi connectivity index (χ0n) is 14.6. The standard InChI is InChI=1S/C21H22N2O2/c1-3-16-6-10-18(11-7-16)23-20(24)12-13-21-22-14-19(25-21)17-8-4-15(2)5-9-17/h4-11,14H,3,12-13H2,1-2H3,(H,23,24). The molecule has 1 amide bonds. The van der Waals surface area contributed by atoms with Crippen molar-refractivity contribution in [2.45, 2.75) is 33.1 Å². The lowest BCUT2D eigenvalue weighted by Gasteiger charge is -2.05. The number of benzene rings is 2. The Labute approximate surface area is 147 Å². The Bertz CT molecular complexity index is 833. The molecule has 0 saturated heterocycles. The quantitative estimate of drug-likeness (QED) is 0.705. The van der Waals surface area contributed by atoms with Gasteiger partial charge in [-0.05, 0) is 31.0 Å². The van der Waals surface area contributed by atoms with E-state index in [0.717, 1.165) is 23.4 Å². The molecule has 128 valence electrons. The van der Waals surface area contributed by atoms with Gasteiger partial charge in [0.15, 0.2) is 11.7 Å². The Kier molecular flexibility index (Phi) is 5.29. The average Bonchev–Trinajstić information content (AvgIpc) is 3.10. The van der Waals surface area contributed by atoms with E-state index in [1.807, 2.05) is 55.5 Å². The number of hydrogen-bond donors (Lipinski definition) is 1. The van der Waals surface area contributed by atoms with Crippen LogP contribution in [0.3, 0.4) is 0 Å². The highest BCUT2D eigenvalue weighted by atomic mass is 16.4. The molecule has 0 bridgehead atoms. The largest absolute Gasteiger partial charge is 0.441 e. The van der Waals surface area contributed by atoms with Gasteiger partial charge in [-0.25, -0.2) is 4.98 Å². The van der Waals surface area contributed by atoms with Crippen molar-refractivity contribution in [2.24, 2.45) is 0 Å². The predicted molar refractivity (Wildman–Crippen MR) is 99.4 cm³/mol. The maximum Gasteiger partial charge on any atom is 0.224 e. The van der Waals surface area contributed by atoms with Gasteiger partial charge < -0.3 is 9.73 Å². The van der Waals surface area contributed by atoms with Gasteiger partial charge in [0, 0.05) is 24.1 Å². The van der Waals surface area contributed by atoms with Gasteiger partial charge in [-0.1, -0.05) is 48.9 Å². The maximum atomic E-state index is 12.1. The molecule has 3 rings (SSSR count). The molecule has 0 radical (unpaired) electrons. The van der Waals surface area contributed by atoms with Crippen LogP contribution in [0.15, 0.2) is 59.1 Å². The number of aryl methyl sites for hydroxylation is 3. The fourth-order valence-electron chi connectivity index (χ4n) is 2.54. The molecule has 4 heteroatoms. The van der Waals surface area contributed by atoms with E-state index < -0.39 is 0 Å². The van der Waals surface area contributed by atoms with Crippen LogP contribution < -0.4 is 5.32 Å². The second-order valence-electron chi connectivity index (χ2n) is 6.08. The molecule has 0 aliphatic heterocycles. The van der Waals surface area contributed by atoms with Crippen LogP contribution in [-0.4, -0.2) is 10.9 Å². The van der Waals surface area contributed by atoms with Crippen molar-refractivity contribution >= 4 is 11.6 Å². The van der Waals surface area contributed by atoms with Crippen molar-refractivity contribution in [3.8, 4) is 11.3 Å². The lowest BCUT2D eigenvalue weighted by molar-refractivity contribution is -0.116. The molecular formula is C21H22N2O2. The molecule has 1 aromatic heterocycles. The molecule has 0 fully saturated rings. The molecule has 0 unspecified atom stereocenters. The number of aromatic nitrogens is 1. The Balaban J connectivity index is 1.54. The summed E-state index contributed by atoms with van der Waals surface area (Å²) in [5.74, 6) is 1.26. The van der Waals surface area contributed by atoms with E-state index in [0.29, 0.717) is 18.7 Å². The number of oxazole rings is 1. The fourth-order valence-corrected chi connectivity index (χ4v) is 2.54. The molecule has 0 saturated carbocycles. The summed E-state index contributed by atoms with van der Waals surface area (Å²) in [7, 11) is 0. The third-order valence-electron chi connectivity index (χ3n) is 4.10. The molecule has 0 spiro atoms. The summed E-state index contributed by atoms with van der Waals surface area (Å²) in [5, 5.41) is 2.90. The van der Waals surface area contributed by atoms with Gasteiger partial charge in [0.25, 0.3) is 0 Å². The van der Waals surface area contributed by atoms with Crippen molar-refractivity contribution < 1.29 is 9.21 Å². The molecule has 0 atom stereocenters. The summed E-state index contributed by atoms with van der Waals surface area (Å²) in [6.45, 7) is 4.15. The Morgan fingerprint density at radius 3 is 2.48 bits per heavy atom. The van der Waals surface area contributed by atoms with Gasteiger partial charge in [0.05, 0.1) is 6.20 Å². The van der Waals surface area contributed by atoms with Gasteiger partial charge >= 0.3 is 0 Å². The van der Waals surface area contributed by atoms with Crippen LogP contribution in [0.4, 0.5) is 5.69 Å². The Morgan fingerprint density at radius 1 is 1.08 bits per heavy atom. The highest BCUT2D eigenvalue weighted by molar-refractivity contribution is 5.90. The number of nitrogens with zero attached hydrogens (tertiary/aromatic N) is 1. The van der Waals surface area contributed by atoms with Crippen LogP contribution in [0.5, 0.6) is 0 Å². The van der Waals surface area contributed by atoms with E-state index in [9.17, 15) is 4.79 Å². The summed E-state index contributed by atoms with van der Waals surface area (Å²) >= 11 is 0. The van der Waals surface area contributed by atoms with E-state index >= 15 is 0 Å². The van der Waals surface area contributed by atoms with Crippen LogP contribution in [0.2, 0.25) is 0 Å². The van der Waals surface area contributed by atoms with Crippen molar-refractivity contribution in [1.82, 2.24) is 4.98 Å². The zero-order valence-corrected chi connectivity index (χ0v) is 14.6. The van der Waals surface area contributed by atoms with E-state index in [4.69, 9.17) is 4.42 Å². The first kappa shape index (κ1) is 17.0. The molecule has 2 aromatic carbocycles. The first-order valence-corrected chi connectivity index (χ1v) is 8.54. The maximum absolute atomic E-state index is 12.1. The van der Waals surface area contributed by atoms with Crippen molar-refractivity contribution in [3.63, 3.8) is 0 Å². The number of amides is 1. The van der Waals surface area contributed by atoms with Crippen molar-refractivity contribution in [1.29, 1.82) is 0 Å². The van der Waals surface area contributed by atoms with E-state index in [2.05, 4.69) is 17.2 Å². The smallest absolute Gasteiger partial charge is 0.224 e. The van der Waals surface area contributed by atoms with Crippen LogP contribution in [0.25, 0.3) is 11.3 Å². The second-order valence-corrected chi connectivity index (χ2v) is 6.08. The molecule has 25 heavy (non-hydrogen) atoms. The first-order valence-electron chi connectivity index (χ1n) is 8.54. The number of carbonyl (C=O) groups excluding carboxylic acids is 1. The molecule has 1 heterocycles. The molecule has 0 aliphatic carbocycles. The normalized spacial score (nSPS) is 10.6.